The number of benzene rings is 1. The first-order chi connectivity index (χ1) is 10.3. The summed E-state index contributed by atoms with van der Waals surface area (Å²) in [5, 5.41) is 3.08. The summed E-state index contributed by atoms with van der Waals surface area (Å²) < 4.78 is 5.44. The minimum Gasteiger partial charge on any atom is -0.379 e. The Morgan fingerprint density at radius 2 is 2.00 bits per heavy atom. The molecule has 1 saturated heterocycles. The normalized spacial score (nSPS) is 17.4. The lowest BCUT2D eigenvalue weighted by Crippen LogP contribution is -2.49. The average molecular weight is 290 g/mol. The molecule has 1 aromatic carbocycles. The number of morpholine rings is 1. The molecule has 1 amide bonds. The SMILES string of the molecule is CCCC(=O)NCC(Cc1ccccc1)N1CCOCC1. The van der Waals surface area contributed by atoms with Crippen molar-refractivity contribution in [2.45, 2.75) is 32.2 Å². The molecule has 0 bridgehead atoms. The van der Waals surface area contributed by atoms with Gasteiger partial charge in [-0.1, -0.05) is 37.3 Å². The van der Waals surface area contributed by atoms with Crippen LogP contribution in [0.5, 0.6) is 0 Å². The number of amides is 1. The molecule has 0 aromatic heterocycles. The Kier molecular flexibility index (Phi) is 6.70. The van der Waals surface area contributed by atoms with Crippen molar-refractivity contribution < 1.29 is 9.53 Å². The van der Waals surface area contributed by atoms with E-state index < -0.39 is 0 Å². The Balaban J connectivity index is 1.94. The van der Waals surface area contributed by atoms with Crippen LogP contribution in [0.4, 0.5) is 0 Å². The second-order valence-electron chi connectivity index (χ2n) is 5.55. The summed E-state index contributed by atoms with van der Waals surface area (Å²) in [6.07, 6.45) is 2.47. The molecule has 1 atom stereocenters. The van der Waals surface area contributed by atoms with Crippen molar-refractivity contribution in [1.82, 2.24) is 10.2 Å². The van der Waals surface area contributed by atoms with Gasteiger partial charge >= 0.3 is 0 Å². The maximum absolute atomic E-state index is 11.7. The van der Waals surface area contributed by atoms with Crippen molar-refractivity contribution in [3.05, 3.63) is 35.9 Å². The van der Waals surface area contributed by atoms with Gasteiger partial charge in [-0.15, -0.1) is 0 Å². The first-order valence-electron chi connectivity index (χ1n) is 7.92. The van der Waals surface area contributed by atoms with Crippen molar-refractivity contribution >= 4 is 5.91 Å². The van der Waals surface area contributed by atoms with E-state index in [4.69, 9.17) is 4.74 Å². The number of hydrogen-bond acceptors (Lipinski definition) is 3. The van der Waals surface area contributed by atoms with Crippen LogP contribution in [0.15, 0.2) is 30.3 Å². The van der Waals surface area contributed by atoms with E-state index in [9.17, 15) is 4.79 Å². The fraction of sp³-hybridized carbons (Fsp3) is 0.588. The van der Waals surface area contributed by atoms with Crippen molar-refractivity contribution in [2.75, 3.05) is 32.8 Å². The summed E-state index contributed by atoms with van der Waals surface area (Å²) in [6.45, 7) is 6.21. The predicted octanol–water partition coefficient (Wildman–Crippen LogP) is 1.85. The number of nitrogens with zero attached hydrogens (tertiary/aromatic N) is 1. The van der Waals surface area contributed by atoms with Crippen LogP contribution >= 0.6 is 0 Å². The third-order valence-corrected chi connectivity index (χ3v) is 3.89. The molecule has 1 N–H and O–H groups in total. The van der Waals surface area contributed by atoms with E-state index in [1.54, 1.807) is 0 Å². The number of carbonyl (C=O) groups excluding carboxylic acids is 1. The Morgan fingerprint density at radius 1 is 1.29 bits per heavy atom. The van der Waals surface area contributed by atoms with Gasteiger partial charge in [0.1, 0.15) is 0 Å². The van der Waals surface area contributed by atoms with Crippen LogP contribution in [0.25, 0.3) is 0 Å². The Hall–Kier alpha value is -1.39. The number of carbonyl (C=O) groups is 1. The van der Waals surface area contributed by atoms with E-state index in [0.29, 0.717) is 19.0 Å². The minimum absolute atomic E-state index is 0.156. The highest BCUT2D eigenvalue weighted by atomic mass is 16.5. The molecule has 1 fully saturated rings. The first kappa shape index (κ1) is 16.0. The van der Waals surface area contributed by atoms with E-state index in [-0.39, 0.29) is 5.91 Å². The monoisotopic (exact) mass is 290 g/mol. The lowest BCUT2D eigenvalue weighted by Gasteiger charge is -2.34. The fourth-order valence-corrected chi connectivity index (χ4v) is 2.71. The second kappa shape index (κ2) is 8.80. The third kappa shape index (κ3) is 5.48. The highest BCUT2D eigenvalue weighted by Gasteiger charge is 2.21. The fourth-order valence-electron chi connectivity index (χ4n) is 2.71. The van der Waals surface area contributed by atoms with Gasteiger partial charge in [-0.3, -0.25) is 9.69 Å². The molecule has 1 unspecified atom stereocenters. The van der Waals surface area contributed by atoms with Gasteiger partial charge in [-0.05, 0) is 18.4 Å². The third-order valence-electron chi connectivity index (χ3n) is 3.89. The van der Waals surface area contributed by atoms with E-state index in [1.165, 1.54) is 5.56 Å². The van der Waals surface area contributed by atoms with Gasteiger partial charge in [-0.25, -0.2) is 0 Å². The Bertz CT molecular complexity index is 416. The number of nitrogens with one attached hydrogen (secondary N) is 1. The lowest BCUT2D eigenvalue weighted by molar-refractivity contribution is -0.121. The van der Waals surface area contributed by atoms with Crippen LogP contribution in [-0.2, 0) is 16.0 Å². The molecule has 1 aromatic rings. The highest BCUT2D eigenvalue weighted by molar-refractivity contribution is 5.75. The zero-order chi connectivity index (χ0) is 14.9. The minimum atomic E-state index is 0.156. The smallest absolute Gasteiger partial charge is 0.220 e. The quantitative estimate of drug-likeness (QED) is 0.833. The van der Waals surface area contributed by atoms with Gasteiger partial charge in [0.25, 0.3) is 0 Å². The standard InChI is InChI=1S/C17H26N2O2/c1-2-6-17(20)18-14-16(19-9-11-21-12-10-19)13-15-7-4-3-5-8-15/h3-5,7-8,16H,2,6,9-14H2,1H3,(H,18,20). The molecule has 1 aliphatic rings. The maximum Gasteiger partial charge on any atom is 0.220 e. The van der Waals surface area contributed by atoms with Gasteiger partial charge in [0, 0.05) is 32.1 Å². The largest absolute Gasteiger partial charge is 0.379 e. The molecule has 21 heavy (non-hydrogen) atoms. The number of ether oxygens (including phenoxy) is 1. The molecule has 0 spiro atoms. The Labute approximate surface area is 127 Å². The maximum atomic E-state index is 11.7. The van der Waals surface area contributed by atoms with Gasteiger partial charge in [-0.2, -0.15) is 0 Å². The molecular weight excluding hydrogens is 264 g/mol. The van der Waals surface area contributed by atoms with Crippen LogP contribution in [0, 0.1) is 0 Å². The Morgan fingerprint density at radius 3 is 2.67 bits per heavy atom. The molecule has 0 radical (unpaired) electrons. The van der Waals surface area contributed by atoms with Crippen LogP contribution in [0.2, 0.25) is 0 Å². The predicted molar refractivity (Wildman–Crippen MR) is 84.2 cm³/mol. The molecule has 0 aliphatic carbocycles. The summed E-state index contributed by atoms with van der Waals surface area (Å²) in [6, 6.07) is 10.8. The second-order valence-corrected chi connectivity index (χ2v) is 5.55. The van der Waals surface area contributed by atoms with E-state index in [2.05, 4.69) is 34.5 Å². The van der Waals surface area contributed by atoms with Gasteiger partial charge in [0.15, 0.2) is 0 Å². The van der Waals surface area contributed by atoms with Crippen molar-refractivity contribution in [3.8, 4) is 0 Å². The van der Waals surface area contributed by atoms with Crippen molar-refractivity contribution in [2.24, 2.45) is 0 Å². The van der Waals surface area contributed by atoms with Crippen molar-refractivity contribution in [1.29, 1.82) is 0 Å². The molecule has 4 nitrogen and oxygen atoms in total. The first-order valence-corrected chi connectivity index (χ1v) is 7.92. The molecule has 4 heteroatoms. The molecule has 1 heterocycles. The topological polar surface area (TPSA) is 41.6 Å². The summed E-state index contributed by atoms with van der Waals surface area (Å²) in [4.78, 5) is 14.2. The van der Waals surface area contributed by atoms with Crippen LogP contribution in [-0.4, -0.2) is 49.7 Å². The molecular formula is C17H26N2O2. The molecule has 1 aliphatic heterocycles. The average Bonchev–Trinajstić information content (AvgIpc) is 2.53. The number of hydrogen-bond donors (Lipinski definition) is 1. The van der Waals surface area contributed by atoms with Gasteiger partial charge in [0.05, 0.1) is 13.2 Å². The van der Waals surface area contributed by atoms with Gasteiger partial charge < -0.3 is 10.1 Å². The van der Waals surface area contributed by atoms with Crippen LogP contribution in [0.1, 0.15) is 25.3 Å². The molecule has 2 rings (SSSR count). The highest BCUT2D eigenvalue weighted by Crippen LogP contribution is 2.11. The molecule has 0 saturated carbocycles. The van der Waals surface area contributed by atoms with Gasteiger partial charge in [0.2, 0.25) is 5.91 Å². The van der Waals surface area contributed by atoms with Crippen LogP contribution in [0.3, 0.4) is 0 Å². The summed E-state index contributed by atoms with van der Waals surface area (Å²) in [5.74, 6) is 0.156. The zero-order valence-electron chi connectivity index (χ0n) is 12.9. The van der Waals surface area contributed by atoms with Crippen LogP contribution < -0.4 is 5.32 Å². The van der Waals surface area contributed by atoms with E-state index in [1.807, 2.05) is 13.0 Å². The summed E-state index contributed by atoms with van der Waals surface area (Å²) >= 11 is 0. The summed E-state index contributed by atoms with van der Waals surface area (Å²) in [7, 11) is 0. The number of rotatable bonds is 7. The lowest BCUT2D eigenvalue weighted by atomic mass is 10.0. The molecule has 116 valence electrons. The van der Waals surface area contributed by atoms with E-state index in [0.717, 1.165) is 39.1 Å². The van der Waals surface area contributed by atoms with E-state index >= 15 is 0 Å². The summed E-state index contributed by atoms with van der Waals surface area (Å²) in [5.41, 5.74) is 1.32. The van der Waals surface area contributed by atoms with Crippen molar-refractivity contribution in [3.63, 3.8) is 0 Å². The zero-order valence-corrected chi connectivity index (χ0v) is 12.9.